The first-order chi connectivity index (χ1) is 10.8. The summed E-state index contributed by atoms with van der Waals surface area (Å²) in [6, 6.07) is 2.85. The zero-order valence-electron chi connectivity index (χ0n) is 12.7. The van der Waals surface area contributed by atoms with E-state index >= 15 is 0 Å². The fourth-order valence-electron chi connectivity index (χ4n) is 2.15. The number of methoxy groups -OCH3 is 2. The van der Waals surface area contributed by atoms with Crippen LogP contribution >= 0.6 is 0 Å². The van der Waals surface area contributed by atoms with E-state index in [1.807, 2.05) is 0 Å². The van der Waals surface area contributed by atoms with Gasteiger partial charge in [-0.15, -0.1) is 0 Å². The first kappa shape index (κ1) is 17.0. The molecule has 0 bridgehead atoms. The lowest BCUT2D eigenvalue weighted by molar-refractivity contribution is -0.188. The molecule has 1 unspecified atom stereocenters. The highest BCUT2D eigenvalue weighted by Gasteiger charge is 2.49. The summed E-state index contributed by atoms with van der Waals surface area (Å²) in [5.74, 6) is -0.757. The smallest absolute Gasteiger partial charge is 0.430 e. The summed E-state index contributed by atoms with van der Waals surface area (Å²) in [6.07, 6.45) is -6.11. The van der Waals surface area contributed by atoms with Gasteiger partial charge < -0.3 is 18.9 Å². The third-order valence-electron chi connectivity index (χ3n) is 3.15. The number of halogens is 3. The van der Waals surface area contributed by atoms with Gasteiger partial charge in [-0.25, -0.2) is 4.79 Å². The molecule has 1 aliphatic rings. The molecule has 2 rings (SSSR count). The van der Waals surface area contributed by atoms with Gasteiger partial charge in [0.25, 0.3) is 0 Å². The second-order valence-electron chi connectivity index (χ2n) is 4.61. The van der Waals surface area contributed by atoms with Gasteiger partial charge in [-0.2, -0.15) is 13.2 Å². The normalized spacial score (nSPS) is 16.8. The van der Waals surface area contributed by atoms with Crippen LogP contribution in [0.1, 0.15) is 12.5 Å². The molecule has 1 aromatic rings. The summed E-state index contributed by atoms with van der Waals surface area (Å²) >= 11 is 0. The summed E-state index contributed by atoms with van der Waals surface area (Å²) in [5.41, 5.74) is -0.382. The molecule has 0 aliphatic carbocycles. The van der Waals surface area contributed by atoms with Crippen LogP contribution in [0.4, 0.5) is 13.2 Å². The van der Waals surface area contributed by atoms with Gasteiger partial charge in [-0.1, -0.05) is 0 Å². The number of esters is 1. The monoisotopic (exact) mass is 332 g/mol. The minimum absolute atomic E-state index is 0.0466. The van der Waals surface area contributed by atoms with E-state index in [4.69, 9.17) is 14.2 Å². The quantitative estimate of drug-likeness (QED) is 0.794. The zero-order valence-corrected chi connectivity index (χ0v) is 12.7. The molecule has 5 nitrogen and oxygen atoms in total. The highest BCUT2D eigenvalue weighted by molar-refractivity contribution is 5.96. The van der Waals surface area contributed by atoms with Gasteiger partial charge in [0.05, 0.1) is 26.4 Å². The van der Waals surface area contributed by atoms with Crippen LogP contribution in [0.2, 0.25) is 0 Å². The van der Waals surface area contributed by atoms with Crippen LogP contribution in [0.15, 0.2) is 17.7 Å². The number of carbonyl (C=O) groups is 1. The van der Waals surface area contributed by atoms with Gasteiger partial charge in [-0.3, -0.25) is 0 Å². The molecule has 1 atom stereocenters. The van der Waals surface area contributed by atoms with Gasteiger partial charge in [-0.05, 0) is 19.1 Å². The molecule has 8 heteroatoms. The molecule has 0 saturated carbocycles. The Morgan fingerprint density at radius 1 is 1.26 bits per heavy atom. The van der Waals surface area contributed by atoms with E-state index in [-0.39, 0.29) is 23.7 Å². The molecule has 0 fully saturated rings. The van der Waals surface area contributed by atoms with Gasteiger partial charge in [0, 0.05) is 11.6 Å². The van der Waals surface area contributed by atoms with E-state index in [9.17, 15) is 18.0 Å². The Kier molecular flexibility index (Phi) is 4.72. The highest BCUT2D eigenvalue weighted by Crippen LogP contribution is 2.44. The van der Waals surface area contributed by atoms with Gasteiger partial charge in [0.1, 0.15) is 5.75 Å². The minimum Gasteiger partial charge on any atom is -0.497 e. The Morgan fingerprint density at radius 2 is 1.96 bits per heavy atom. The van der Waals surface area contributed by atoms with Crippen molar-refractivity contribution in [2.45, 2.75) is 19.2 Å². The van der Waals surface area contributed by atoms with Crippen molar-refractivity contribution in [3.63, 3.8) is 0 Å². The second-order valence-corrected chi connectivity index (χ2v) is 4.61. The van der Waals surface area contributed by atoms with Crippen LogP contribution in [-0.4, -0.2) is 39.1 Å². The number of ether oxygens (including phenoxy) is 4. The molecule has 1 aromatic carbocycles. The number of rotatable bonds is 4. The van der Waals surface area contributed by atoms with Gasteiger partial charge in [0.15, 0.2) is 11.5 Å². The van der Waals surface area contributed by atoms with Crippen LogP contribution in [0, 0.1) is 0 Å². The maximum Gasteiger partial charge on any atom is 0.430 e. The molecule has 126 valence electrons. The van der Waals surface area contributed by atoms with Crippen molar-refractivity contribution >= 4 is 12.0 Å². The molecular weight excluding hydrogens is 317 g/mol. The predicted molar refractivity (Wildman–Crippen MR) is 74.6 cm³/mol. The predicted octanol–water partition coefficient (Wildman–Crippen LogP) is 2.97. The first-order valence-corrected chi connectivity index (χ1v) is 6.69. The third-order valence-corrected chi connectivity index (χ3v) is 3.15. The molecular formula is C15H15F3O5. The molecule has 0 amide bonds. The summed E-state index contributed by atoms with van der Waals surface area (Å²) in [7, 11) is 2.70. The lowest BCUT2D eigenvalue weighted by atomic mass is 10.0. The number of hydrogen-bond donors (Lipinski definition) is 0. The van der Waals surface area contributed by atoms with Gasteiger partial charge >= 0.3 is 12.1 Å². The Bertz CT molecular complexity index is 637. The lowest BCUT2D eigenvalue weighted by Gasteiger charge is -2.28. The number of carbonyl (C=O) groups excluding carboxylic acids is 1. The molecule has 0 N–H and O–H groups in total. The molecule has 0 radical (unpaired) electrons. The van der Waals surface area contributed by atoms with Crippen molar-refractivity contribution in [3.8, 4) is 17.2 Å². The van der Waals surface area contributed by atoms with Crippen LogP contribution in [-0.2, 0) is 9.53 Å². The van der Waals surface area contributed by atoms with E-state index in [1.165, 1.54) is 33.3 Å². The standard InChI is InChI=1S/C15H15F3O5/c1-4-22-14(19)10-6-8-5-9(20-2)7-11(21-3)12(8)23-13(10)15(16,17)18/h5-7,13H,4H2,1-3H3. The van der Waals surface area contributed by atoms with Crippen molar-refractivity contribution in [3.05, 3.63) is 23.3 Å². The van der Waals surface area contributed by atoms with Crippen LogP contribution < -0.4 is 14.2 Å². The Labute approximate surface area is 130 Å². The van der Waals surface area contributed by atoms with Crippen molar-refractivity contribution in [1.29, 1.82) is 0 Å². The largest absolute Gasteiger partial charge is 0.497 e. The molecule has 0 aromatic heterocycles. The van der Waals surface area contributed by atoms with Crippen LogP contribution in [0.5, 0.6) is 17.2 Å². The number of hydrogen-bond acceptors (Lipinski definition) is 5. The second kappa shape index (κ2) is 6.39. The van der Waals surface area contributed by atoms with Crippen molar-refractivity contribution < 1.29 is 36.9 Å². The lowest BCUT2D eigenvalue weighted by Crippen LogP contribution is -2.40. The summed E-state index contributed by atoms with van der Waals surface area (Å²) < 4.78 is 59.5. The summed E-state index contributed by atoms with van der Waals surface area (Å²) in [5, 5.41) is 0. The molecule has 1 heterocycles. The molecule has 1 aliphatic heterocycles. The highest BCUT2D eigenvalue weighted by atomic mass is 19.4. The molecule has 23 heavy (non-hydrogen) atoms. The molecule has 0 spiro atoms. The summed E-state index contributed by atoms with van der Waals surface area (Å²) in [4.78, 5) is 11.8. The van der Waals surface area contributed by atoms with E-state index < -0.39 is 23.8 Å². The van der Waals surface area contributed by atoms with E-state index in [1.54, 1.807) is 0 Å². The Hall–Kier alpha value is -2.38. The maximum atomic E-state index is 13.2. The fraction of sp³-hybridized carbons (Fsp3) is 0.400. The number of alkyl halides is 3. The Balaban J connectivity index is 2.59. The van der Waals surface area contributed by atoms with Crippen molar-refractivity contribution in [2.75, 3.05) is 20.8 Å². The summed E-state index contributed by atoms with van der Waals surface area (Å²) in [6.45, 7) is 1.46. The minimum atomic E-state index is -4.78. The average Bonchev–Trinajstić information content (AvgIpc) is 2.51. The Morgan fingerprint density at radius 3 is 2.48 bits per heavy atom. The maximum absolute atomic E-state index is 13.2. The van der Waals surface area contributed by atoms with E-state index in [0.717, 1.165) is 6.08 Å². The molecule has 0 saturated heterocycles. The van der Waals surface area contributed by atoms with E-state index in [2.05, 4.69) is 4.74 Å². The van der Waals surface area contributed by atoms with Crippen LogP contribution in [0.25, 0.3) is 6.08 Å². The third kappa shape index (κ3) is 3.35. The van der Waals surface area contributed by atoms with E-state index in [0.29, 0.717) is 5.75 Å². The number of benzene rings is 1. The topological polar surface area (TPSA) is 54.0 Å². The SMILES string of the molecule is CCOC(=O)C1=Cc2cc(OC)cc(OC)c2OC1C(F)(F)F. The van der Waals surface area contributed by atoms with Crippen molar-refractivity contribution in [2.24, 2.45) is 0 Å². The van der Waals surface area contributed by atoms with Gasteiger partial charge in [0.2, 0.25) is 6.10 Å². The zero-order chi connectivity index (χ0) is 17.2. The van der Waals surface area contributed by atoms with Crippen LogP contribution in [0.3, 0.4) is 0 Å². The number of fused-ring (bicyclic) bond motifs is 1. The first-order valence-electron chi connectivity index (χ1n) is 6.69. The fourth-order valence-corrected chi connectivity index (χ4v) is 2.15. The van der Waals surface area contributed by atoms with Crippen molar-refractivity contribution in [1.82, 2.24) is 0 Å². The average molecular weight is 332 g/mol.